The molecular formula is C11H14N4OS. The zero-order valence-electron chi connectivity index (χ0n) is 9.37. The second-order valence-electron chi connectivity index (χ2n) is 4.36. The first-order valence-corrected chi connectivity index (χ1v) is 6.69. The van der Waals surface area contributed by atoms with Crippen LogP contribution in [-0.4, -0.2) is 21.7 Å². The number of hydrogen-bond donors (Lipinski definition) is 1. The zero-order valence-corrected chi connectivity index (χ0v) is 10.2. The molecule has 1 aliphatic carbocycles. The summed E-state index contributed by atoms with van der Waals surface area (Å²) in [4.78, 5) is 9.43. The Bertz CT molecular complexity index is 481. The standard InChI is InChI=1S/C11H14N4OS/c12-4-7-2-1-3-8(7)11-14-10(15-16-11)9-5-13-6-17-9/h5-8H,1-4,12H2. The first-order chi connectivity index (χ1) is 8.38. The van der Waals surface area contributed by atoms with Gasteiger partial charge in [-0.2, -0.15) is 4.98 Å². The van der Waals surface area contributed by atoms with E-state index in [9.17, 15) is 0 Å². The van der Waals surface area contributed by atoms with Crippen molar-refractivity contribution in [3.63, 3.8) is 0 Å². The topological polar surface area (TPSA) is 77.8 Å². The molecular weight excluding hydrogens is 236 g/mol. The lowest BCUT2D eigenvalue weighted by atomic mass is 9.96. The fourth-order valence-electron chi connectivity index (χ4n) is 2.46. The highest BCUT2D eigenvalue weighted by Crippen LogP contribution is 2.38. The minimum Gasteiger partial charge on any atom is -0.339 e. The lowest BCUT2D eigenvalue weighted by Gasteiger charge is -2.12. The van der Waals surface area contributed by atoms with Gasteiger partial charge in [-0.15, -0.1) is 11.3 Å². The third-order valence-corrected chi connectivity index (χ3v) is 4.14. The predicted octanol–water partition coefficient (Wildman–Crippen LogP) is 2.04. The largest absolute Gasteiger partial charge is 0.339 e. The summed E-state index contributed by atoms with van der Waals surface area (Å²) in [5.74, 6) is 2.21. The number of nitrogens with two attached hydrogens (primary N) is 1. The van der Waals surface area contributed by atoms with Crippen LogP contribution in [0, 0.1) is 5.92 Å². The first kappa shape index (κ1) is 10.9. The molecule has 0 spiro atoms. The molecule has 90 valence electrons. The fourth-order valence-corrected chi connectivity index (χ4v) is 3.00. The van der Waals surface area contributed by atoms with Gasteiger partial charge in [-0.1, -0.05) is 11.6 Å². The molecule has 0 bridgehead atoms. The van der Waals surface area contributed by atoms with Gasteiger partial charge >= 0.3 is 0 Å². The molecule has 5 nitrogen and oxygen atoms in total. The molecule has 0 aliphatic heterocycles. The summed E-state index contributed by atoms with van der Waals surface area (Å²) < 4.78 is 5.37. The van der Waals surface area contributed by atoms with Crippen LogP contribution in [0.25, 0.3) is 10.7 Å². The van der Waals surface area contributed by atoms with Crippen LogP contribution in [0.1, 0.15) is 31.1 Å². The molecule has 3 rings (SSSR count). The van der Waals surface area contributed by atoms with E-state index < -0.39 is 0 Å². The van der Waals surface area contributed by atoms with Crippen molar-refractivity contribution in [2.24, 2.45) is 11.7 Å². The Labute approximate surface area is 103 Å². The van der Waals surface area contributed by atoms with Crippen molar-refractivity contribution >= 4 is 11.3 Å². The van der Waals surface area contributed by atoms with Gasteiger partial charge < -0.3 is 10.3 Å². The first-order valence-electron chi connectivity index (χ1n) is 5.81. The Kier molecular flexibility index (Phi) is 2.90. The zero-order chi connectivity index (χ0) is 11.7. The molecule has 2 aromatic heterocycles. The Morgan fingerprint density at radius 1 is 1.47 bits per heavy atom. The van der Waals surface area contributed by atoms with Crippen LogP contribution in [0.15, 0.2) is 16.2 Å². The van der Waals surface area contributed by atoms with E-state index in [1.165, 1.54) is 24.2 Å². The number of nitrogens with zero attached hydrogens (tertiary/aromatic N) is 3. The molecule has 2 aromatic rings. The summed E-state index contributed by atoms with van der Waals surface area (Å²) in [5.41, 5.74) is 7.53. The minimum atomic E-state index is 0.342. The smallest absolute Gasteiger partial charge is 0.230 e. The normalized spacial score (nSPS) is 24.3. The second kappa shape index (κ2) is 4.54. The molecule has 2 N–H and O–H groups in total. The maximum absolute atomic E-state index is 5.77. The van der Waals surface area contributed by atoms with Crippen molar-refractivity contribution in [3.8, 4) is 10.7 Å². The van der Waals surface area contributed by atoms with Gasteiger partial charge in [0.05, 0.1) is 10.4 Å². The van der Waals surface area contributed by atoms with Gasteiger partial charge in [-0.3, -0.25) is 4.98 Å². The average Bonchev–Trinajstić information content (AvgIpc) is 3.09. The van der Waals surface area contributed by atoms with Crippen molar-refractivity contribution in [2.45, 2.75) is 25.2 Å². The molecule has 0 amide bonds. The lowest BCUT2D eigenvalue weighted by molar-refractivity contribution is 0.326. The summed E-state index contributed by atoms with van der Waals surface area (Å²) in [6, 6.07) is 0. The molecule has 0 aromatic carbocycles. The monoisotopic (exact) mass is 250 g/mol. The van der Waals surface area contributed by atoms with Crippen molar-refractivity contribution in [1.82, 2.24) is 15.1 Å². The van der Waals surface area contributed by atoms with Crippen molar-refractivity contribution in [3.05, 3.63) is 17.6 Å². The van der Waals surface area contributed by atoms with Crippen LogP contribution in [-0.2, 0) is 0 Å². The van der Waals surface area contributed by atoms with Gasteiger partial charge in [-0.25, -0.2) is 0 Å². The fraction of sp³-hybridized carbons (Fsp3) is 0.545. The Balaban J connectivity index is 1.85. The molecule has 17 heavy (non-hydrogen) atoms. The number of hydrogen-bond acceptors (Lipinski definition) is 6. The highest BCUT2D eigenvalue weighted by molar-refractivity contribution is 7.13. The molecule has 2 atom stereocenters. The van der Waals surface area contributed by atoms with Gasteiger partial charge in [-0.05, 0) is 25.3 Å². The highest BCUT2D eigenvalue weighted by Gasteiger charge is 2.32. The van der Waals surface area contributed by atoms with Crippen LogP contribution in [0.3, 0.4) is 0 Å². The molecule has 1 fully saturated rings. The Hall–Kier alpha value is -1.27. The third kappa shape index (κ3) is 1.98. The van der Waals surface area contributed by atoms with Crippen LogP contribution in [0.5, 0.6) is 0 Å². The predicted molar refractivity (Wildman–Crippen MR) is 64.5 cm³/mol. The van der Waals surface area contributed by atoms with E-state index in [1.54, 1.807) is 11.7 Å². The third-order valence-electron chi connectivity index (χ3n) is 3.37. The molecule has 2 unspecified atom stereocenters. The second-order valence-corrected chi connectivity index (χ2v) is 5.24. The van der Waals surface area contributed by atoms with Crippen molar-refractivity contribution < 1.29 is 4.52 Å². The average molecular weight is 250 g/mol. The van der Waals surface area contributed by atoms with Crippen molar-refractivity contribution in [2.75, 3.05) is 6.54 Å². The van der Waals surface area contributed by atoms with Gasteiger partial charge in [0.1, 0.15) is 0 Å². The summed E-state index contributed by atoms with van der Waals surface area (Å²) in [6.45, 7) is 0.697. The van der Waals surface area contributed by atoms with Crippen LogP contribution < -0.4 is 5.73 Å². The molecule has 1 saturated carbocycles. The van der Waals surface area contributed by atoms with E-state index in [1.807, 2.05) is 0 Å². The maximum Gasteiger partial charge on any atom is 0.230 e. The van der Waals surface area contributed by atoms with E-state index in [4.69, 9.17) is 10.3 Å². The van der Waals surface area contributed by atoms with Crippen LogP contribution >= 0.6 is 11.3 Å². The van der Waals surface area contributed by atoms with E-state index >= 15 is 0 Å². The van der Waals surface area contributed by atoms with Gasteiger partial charge in [0.2, 0.25) is 11.7 Å². The summed E-state index contributed by atoms with van der Waals surface area (Å²) in [5, 5.41) is 4.02. The SMILES string of the molecule is NCC1CCCC1c1nc(-c2cncs2)no1. The molecule has 1 aliphatic rings. The summed E-state index contributed by atoms with van der Waals surface area (Å²) >= 11 is 1.52. The van der Waals surface area contributed by atoms with Crippen molar-refractivity contribution in [1.29, 1.82) is 0 Å². The van der Waals surface area contributed by atoms with Gasteiger partial charge in [0.15, 0.2) is 0 Å². The Morgan fingerprint density at radius 3 is 3.18 bits per heavy atom. The quantitative estimate of drug-likeness (QED) is 0.901. The van der Waals surface area contributed by atoms with E-state index in [-0.39, 0.29) is 0 Å². The van der Waals surface area contributed by atoms with E-state index in [0.29, 0.717) is 24.2 Å². The summed E-state index contributed by atoms with van der Waals surface area (Å²) in [7, 11) is 0. The maximum atomic E-state index is 5.77. The highest BCUT2D eigenvalue weighted by atomic mass is 32.1. The van der Waals surface area contributed by atoms with E-state index in [0.717, 1.165) is 17.2 Å². The number of aromatic nitrogens is 3. The minimum absolute atomic E-state index is 0.342. The molecule has 2 heterocycles. The van der Waals surface area contributed by atoms with Gasteiger partial charge in [0, 0.05) is 12.1 Å². The Morgan fingerprint density at radius 2 is 2.41 bits per heavy atom. The number of rotatable bonds is 3. The van der Waals surface area contributed by atoms with Crippen LogP contribution in [0.2, 0.25) is 0 Å². The van der Waals surface area contributed by atoms with E-state index in [2.05, 4.69) is 15.1 Å². The molecule has 0 radical (unpaired) electrons. The van der Waals surface area contributed by atoms with Crippen LogP contribution in [0.4, 0.5) is 0 Å². The number of thiazole rings is 1. The molecule has 6 heteroatoms. The molecule has 0 saturated heterocycles. The van der Waals surface area contributed by atoms with Gasteiger partial charge in [0.25, 0.3) is 0 Å². The lowest BCUT2D eigenvalue weighted by Crippen LogP contribution is -2.17. The summed E-state index contributed by atoms with van der Waals surface area (Å²) in [6.07, 6.45) is 5.23.